The summed E-state index contributed by atoms with van der Waals surface area (Å²) in [5.41, 5.74) is 3.06. The van der Waals surface area contributed by atoms with Crippen LogP contribution in [0.1, 0.15) is 16.5 Å². The summed E-state index contributed by atoms with van der Waals surface area (Å²) < 4.78 is 56.3. The topological polar surface area (TPSA) is 81.9 Å². The van der Waals surface area contributed by atoms with Crippen molar-refractivity contribution in [2.75, 3.05) is 7.05 Å². The van der Waals surface area contributed by atoms with E-state index in [0.29, 0.717) is 28.1 Å². The van der Waals surface area contributed by atoms with Gasteiger partial charge in [-0.3, -0.25) is 9.88 Å². The van der Waals surface area contributed by atoms with E-state index in [9.17, 15) is 17.2 Å². The number of H-pyrrole nitrogens is 2. The Labute approximate surface area is 213 Å². The van der Waals surface area contributed by atoms with E-state index in [1.54, 1.807) is 78.9 Å². The van der Waals surface area contributed by atoms with Crippen LogP contribution in [0.2, 0.25) is 0 Å². The molecule has 0 aliphatic rings. The molecule has 3 heterocycles. The molecule has 1 atom stereocenters. The van der Waals surface area contributed by atoms with Crippen molar-refractivity contribution in [3.05, 3.63) is 120 Å². The molecule has 1 unspecified atom stereocenters. The number of nitrogens with one attached hydrogen (secondary N) is 2. The van der Waals surface area contributed by atoms with Crippen molar-refractivity contribution in [3.8, 4) is 22.5 Å². The van der Waals surface area contributed by atoms with Crippen LogP contribution in [0.4, 0.5) is 8.78 Å². The first kappa shape index (κ1) is 24.6. The van der Waals surface area contributed by atoms with Crippen LogP contribution in [-0.4, -0.2) is 35.3 Å². The fourth-order valence-electron chi connectivity index (χ4n) is 4.44. The van der Waals surface area contributed by atoms with Crippen molar-refractivity contribution < 1.29 is 17.2 Å². The lowest BCUT2D eigenvalue weighted by Gasteiger charge is -2.27. The summed E-state index contributed by atoms with van der Waals surface area (Å²) in [6, 6.07) is 19.2. The van der Waals surface area contributed by atoms with Gasteiger partial charge in [0, 0.05) is 59.4 Å². The van der Waals surface area contributed by atoms with Gasteiger partial charge in [-0.1, -0.05) is 24.3 Å². The maximum absolute atomic E-state index is 14.4. The minimum atomic E-state index is -3.93. The third-order valence-corrected chi connectivity index (χ3v) is 8.27. The molecule has 3 aromatic heterocycles. The van der Waals surface area contributed by atoms with Gasteiger partial charge in [0.25, 0.3) is 0 Å². The Morgan fingerprint density at radius 1 is 0.865 bits per heavy atom. The smallest absolute Gasteiger partial charge is 0.200 e. The first-order chi connectivity index (χ1) is 17.8. The number of rotatable bonds is 8. The van der Waals surface area contributed by atoms with Crippen molar-refractivity contribution in [2.45, 2.75) is 16.8 Å². The molecule has 0 radical (unpaired) electrons. The van der Waals surface area contributed by atoms with E-state index in [1.165, 1.54) is 30.6 Å². The Kier molecular flexibility index (Phi) is 6.73. The summed E-state index contributed by atoms with van der Waals surface area (Å²) >= 11 is 0. The van der Waals surface area contributed by atoms with Crippen LogP contribution in [0.15, 0.2) is 102 Å². The van der Waals surface area contributed by atoms with E-state index in [-0.39, 0.29) is 17.3 Å². The fourth-order valence-corrected chi connectivity index (χ4v) is 6.22. The van der Waals surface area contributed by atoms with Crippen molar-refractivity contribution in [1.29, 1.82) is 0 Å². The Bertz CT molecular complexity index is 1630. The van der Waals surface area contributed by atoms with Gasteiger partial charge in [-0.25, -0.2) is 17.2 Å². The van der Waals surface area contributed by atoms with Gasteiger partial charge < -0.3 is 9.97 Å². The van der Waals surface area contributed by atoms with Crippen LogP contribution in [0.25, 0.3) is 22.5 Å². The molecule has 2 aromatic carbocycles. The van der Waals surface area contributed by atoms with Crippen molar-refractivity contribution in [2.24, 2.45) is 0 Å². The summed E-state index contributed by atoms with van der Waals surface area (Å²) in [5, 5.41) is -1.10. The molecule has 5 rings (SSSR count). The van der Waals surface area contributed by atoms with Crippen LogP contribution < -0.4 is 0 Å². The monoisotopic (exact) mass is 518 g/mol. The van der Waals surface area contributed by atoms with Gasteiger partial charge in [0.15, 0.2) is 9.84 Å². The molecular formula is C28H24F2N4O2S. The highest BCUT2D eigenvalue weighted by Crippen LogP contribution is 2.35. The van der Waals surface area contributed by atoms with Gasteiger partial charge in [-0.15, -0.1) is 0 Å². The first-order valence-corrected chi connectivity index (χ1v) is 13.1. The van der Waals surface area contributed by atoms with Crippen LogP contribution in [-0.2, 0) is 16.4 Å². The van der Waals surface area contributed by atoms with Gasteiger partial charge in [0.1, 0.15) is 17.0 Å². The first-order valence-electron chi connectivity index (χ1n) is 11.5. The lowest BCUT2D eigenvalue weighted by Crippen LogP contribution is -2.30. The maximum Gasteiger partial charge on any atom is 0.200 e. The molecule has 0 saturated carbocycles. The highest BCUT2D eigenvalue weighted by atomic mass is 32.2. The van der Waals surface area contributed by atoms with E-state index < -0.39 is 21.0 Å². The Morgan fingerprint density at radius 2 is 1.49 bits per heavy atom. The standard InChI is InChI=1S/C28H24F2N4O2S/c1-34(18-19-13-26(32-15-19)22-8-2-4-10-24(22)29)28(37(35,36)21-7-6-12-31-17-21)20-14-27(33-16-20)23-9-3-5-11-25(23)30/h2-17,28,32-33H,18H2,1H3. The summed E-state index contributed by atoms with van der Waals surface area (Å²) in [5.74, 6) is -0.766. The third kappa shape index (κ3) is 4.96. The van der Waals surface area contributed by atoms with E-state index in [4.69, 9.17) is 0 Å². The molecule has 9 heteroatoms. The number of aromatic nitrogens is 3. The number of nitrogens with zero attached hydrogens (tertiary/aromatic N) is 2. The van der Waals surface area contributed by atoms with Crippen LogP contribution in [0, 0.1) is 11.6 Å². The van der Waals surface area contributed by atoms with Gasteiger partial charge in [0.05, 0.1) is 4.90 Å². The number of halogens is 2. The molecule has 6 nitrogen and oxygen atoms in total. The van der Waals surface area contributed by atoms with Crippen LogP contribution in [0.3, 0.4) is 0 Å². The second-order valence-corrected chi connectivity index (χ2v) is 10.7. The van der Waals surface area contributed by atoms with Crippen molar-refractivity contribution in [3.63, 3.8) is 0 Å². The average molecular weight is 519 g/mol. The van der Waals surface area contributed by atoms with Gasteiger partial charge >= 0.3 is 0 Å². The number of hydrogen-bond donors (Lipinski definition) is 2. The predicted molar refractivity (Wildman–Crippen MR) is 138 cm³/mol. The molecule has 0 amide bonds. The number of benzene rings is 2. The lowest BCUT2D eigenvalue weighted by atomic mass is 10.1. The molecule has 0 aliphatic heterocycles. The second kappa shape index (κ2) is 10.1. The molecule has 0 spiro atoms. The summed E-state index contributed by atoms with van der Waals surface area (Å²) in [6.45, 7) is 0.245. The number of sulfone groups is 1. The van der Waals surface area contributed by atoms with E-state index in [0.717, 1.165) is 5.56 Å². The molecule has 0 fully saturated rings. The quantitative estimate of drug-likeness (QED) is 0.266. The number of hydrogen-bond acceptors (Lipinski definition) is 4. The third-order valence-electron chi connectivity index (χ3n) is 6.15. The summed E-state index contributed by atoms with van der Waals surface area (Å²) in [7, 11) is -2.23. The molecule has 0 saturated heterocycles. The van der Waals surface area contributed by atoms with E-state index >= 15 is 0 Å². The lowest BCUT2D eigenvalue weighted by molar-refractivity contribution is 0.297. The fraction of sp³-hybridized carbons (Fsp3) is 0.107. The van der Waals surface area contributed by atoms with Crippen LogP contribution >= 0.6 is 0 Å². The zero-order valence-corrected chi connectivity index (χ0v) is 20.7. The SMILES string of the molecule is CN(Cc1c[nH]c(-c2ccccc2F)c1)C(c1c[nH]c(-c2ccccc2F)c1)S(=O)(=O)c1cccnc1. The van der Waals surface area contributed by atoms with E-state index in [2.05, 4.69) is 15.0 Å². The highest BCUT2D eigenvalue weighted by molar-refractivity contribution is 7.91. The molecule has 5 aromatic rings. The zero-order valence-electron chi connectivity index (χ0n) is 19.9. The summed E-state index contributed by atoms with van der Waals surface area (Å²) in [4.78, 5) is 11.8. The van der Waals surface area contributed by atoms with Gasteiger partial charge in [-0.05, 0) is 61.1 Å². The Balaban J connectivity index is 1.51. The maximum atomic E-state index is 14.4. The molecule has 0 aliphatic carbocycles. The van der Waals surface area contributed by atoms with E-state index in [1.807, 2.05) is 0 Å². The zero-order chi connectivity index (χ0) is 26.0. The Morgan fingerprint density at radius 3 is 2.11 bits per heavy atom. The summed E-state index contributed by atoms with van der Waals surface area (Å²) in [6.07, 6.45) is 6.13. The molecule has 2 N–H and O–H groups in total. The largest absolute Gasteiger partial charge is 0.361 e. The highest BCUT2D eigenvalue weighted by Gasteiger charge is 2.34. The van der Waals surface area contributed by atoms with Crippen molar-refractivity contribution in [1.82, 2.24) is 19.9 Å². The van der Waals surface area contributed by atoms with Crippen molar-refractivity contribution >= 4 is 9.84 Å². The average Bonchev–Trinajstić information content (AvgIpc) is 3.55. The minimum absolute atomic E-state index is 0.0709. The Hall–Kier alpha value is -4.08. The van der Waals surface area contributed by atoms with Crippen LogP contribution in [0.5, 0.6) is 0 Å². The number of pyridine rings is 1. The molecular weight excluding hydrogens is 494 g/mol. The minimum Gasteiger partial charge on any atom is -0.361 e. The van der Waals surface area contributed by atoms with Gasteiger partial charge in [-0.2, -0.15) is 0 Å². The predicted octanol–water partition coefficient (Wildman–Crippen LogP) is 5.95. The van der Waals surface area contributed by atoms with Gasteiger partial charge in [0.2, 0.25) is 0 Å². The number of aromatic amines is 2. The normalized spacial score (nSPS) is 12.6. The molecule has 188 valence electrons. The second-order valence-electron chi connectivity index (χ2n) is 8.73. The molecule has 37 heavy (non-hydrogen) atoms. The molecule has 0 bridgehead atoms.